The fourth-order valence-corrected chi connectivity index (χ4v) is 5.76. The largest absolute Gasteiger partial charge is 0.466 e. The fourth-order valence-electron chi connectivity index (χ4n) is 5.76. The molecule has 2 aliphatic rings. The van der Waals surface area contributed by atoms with Crippen molar-refractivity contribution < 1.29 is 19.1 Å². The van der Waals surface area contributed by atoms with Crippen molar-refractivity contribution in [1.82, 2.24) is 9.80 Å². The predicted molar refractivity (Wildman–Crippen MR) is 156 cm³/mol. The van der Waals surface area contributed by atoms with Gasteiger partial charge in [-0.05, 0) is 87.9 Å². The van der Waals surface area contributed by atoms with E-state index in [2.05, 4.69) is 44.4 Å². The Balaban J connectivity index is 1.46. The molecule has 0 saturated carbocycles. The number of hydrogen-bond acceptors (Lipinski definition) is 6. The number of hydrogen-bond donors (Lipinski definition) is 0. The number of likely N-dealkylation sites (tertiary alicyclic amines) is 2. The minimum atomic E-state index is -0.0410. The second-order valence-electron chi connectivity index (χ2n) is 12.9. The van der Waals surface area contributed by atoms with Crippen LogP contribution in [0.15, 0.2) is 0 Å². The first-order valence-electron chi connectivity index (χ1n) is 16.0. The molecule has 0 radical (unpaired) electrons. The molecule has 2 saturated heterocycles. The third-order valence-corrected chi connectivity index (χ3v) is 9.54. The van der Waals surface area contributed by atoms with Crippen LogP contribution in [-0.4, -0.2) is 74.2 Å². The number of carbonyl (C=O) groups excluding carboxylic acids is 2. The first-order chi connectivity index (χ1) is 18.2. The summed E-state index contributed by atoms with van der Waals surface area (Å²) in [5.41, 5.74) is 0.295. The molecule has 6 nitrogen and oxygen atoms in total. The average molecular weight is 537 g/mol. The van der Waals surface area contributed by atoms with E-state index in [1.54, 1.807) is 0 Å². The molecule has 0 spiro atoms. The van der Waals surface area contributed by atoms with Crippen molar-refractivity contribution in [1.29, 1.82) is 0 Å². The highest BCUT2D eigenvalue weighted by Gasteiger charge is 2.23. The Morgan fingerprint density at radius 3 is 1.66 bits per heavy atom. The van der Waals surface area contributed by atoms with E-state index < -0.39 is 0 Å². The molecule has 0 aromatic carbocycles. The molecule has 2 heterocycles. The Morgan fingerprint density at radius 2 is 1.24 bits per heavy atom. The first-order valence-corrected chi connectivity index (χ1v) is 16.0. The van der Waals surface area contributed by atoms with Crippen molar-refractivity contribution in [2.75, 3.05) is 52.5 Å². The second kappa shape index (κ2) is 18.3. The normalized spacial score (nSPS) is 18.7. The van der Waals surface area contributed by atoms with Crippen LogP contribution >= 0.6 is 0 Å². The molecule has 38 heavy (non-hydrogen) atoms. The Morgan fingerprint density at radius 1 is 0.789 bits per heavy atom. The van der Waals surface area contributed by atoms with Gasteiger partial charge < -0.3 is 19.3 Å². The molecule has 0 aliphatic carbocycles. The van der Waals surface area contributed by atoms with E-state index >= 15 is 0 Å². The average Bonchev–Trinajstić information content (AvgIpc) is 2.92. The third-order valence-electron chi connectivity index (χ3n) is 9.54. The van der Waals surface area contributed by atoms with Crippen LogP contribution in [0, 0.1) is 23.2 Å². The van der Waals surface area contributed by atoms with Crippen molar-refractivity contribution in [3.63, 3.8) is 0 Å². The van der Waals surface area contributed by atoms with Gasteiger partial charge in [0.15, 0.2) is 0 Å². The Kier molecular flexibility index (Phi) is 15.9. The van der Waals surface area contributed by atoms with Gasteiger partial charge in [0.25, 0.3) is 0 Å². The highest BCUT2D eigenvalue weighted by atomic mass is 16.5. The van der Waals surface area contributed by atoms with Gasteiger partial charge in [0, 0.05) is 13.1 Å². The van der Waals surface area contributed by atoms with Gasteiger partial charge >= 0.3 is 11.9 Å². The van der Waals surface area contributed by atoms with Gasteiger partial charge in [-0.1, -0.05) is 66.7 Å². The SMILES string of the molecule is CCC(C)(CC)CCOC(=O)CCN1CCC(CCCC2CCN(CCC(=O)OCCC(C)C)CC2)CC1. The standard InChI is InChI=1S/C32H60N2O4/c1-6-32(5,7-2)18-26-38-31(36)16-24-34-21-13-29(14-22-34)10-8-9-28-11-19-33(20-12-28)23-15-30(35)37-25-17-27(3)4/h27-29H,6-26H2,1-5H3. The Labute approximate surface area is 234 Å². The van der Waals surface area contributed by atoms with E-state index in [9.17, 15) is 9.59 Å². The zero-order chi connectivity index (χ0) is 27.8. The summed E-state index contributed by atoms with van der Waals surface area (Å²) in [5, 5.41) is 0. The van der Waals surface area contributed by atoms with E-state index in [0.717, 1.165) is 76.8 Å². The molecule has 0 bridgehead atoms. The van der Waals surface area contributed by atoms with Crippen molar-refractivity contribution in [3.8, 4) is 0 Å². The lowest BCUT2D eigenvalue weighted by atomic mass is 9.82. The van der Waals surface area contributed by atoms with E-state index in [4.69, 9.17) is 9.47 Å². The summed E-state index contributed by atoms with van der Waals surface area (Å²) < 4.78 is 10.9. The van der Waals surface area contributed by atoms with Crippen LogP contribution in [0.5, 0.6) is 0 Å². The number of ether oxygens (including phenoxy) is 2. The van der Waals surface area contributed by atoms with Gasteiger partial charge in [0.1, 0.15) is 0 Å². The van der Waals surface area contributed by atoms with Crippen LogP contribution in [0.3, 0.4) is 0 Å². The molecule has 0 N–H and O–H groups in total. The monoisotopic (exact) mass is 536 g/mol. The second-order valence-corrected chi connectivity index (χ2v) is 12.9. The number of esters is 2. The zero-order valence-corrected chi connectivity index (χ0v) is 25.6. The Bertz CT molecular complexity index is 648. The predicted octanol–water partition coefficient (Wildman–Crippen LogP) is 6.71. The lowest BCUT2D eigenvalue weighted by Crippen LogP contribution is -2.36. The number of rotatable bonds is 18. The molecule has 222 valence electrons. The number of nitrogens with zero attached hydrogens (tertiary/aromatic N) is 2. The summed E-state index contributed by atoms with van der Waals surface area (Å²) in [6.45, 7) is 18.3. The molecular formula is C32H60N2O4. The van der Waals surface area contributed by atoms with Crippen molar-refractivity contribution in [3.05, 3.63) is 0 Å². The zero-order valence-electron chi connectivity index (χ0n) is 25.6. The van der Waals surface area contributed by atoms with Gasteiger partial charge in [-0.2, -0.15) is 0 Å². The van der Waals surface area contributed by atoms with Crippen LogP contribution in [0.2, 0.25) is 0 Å². The highest BCUT2D eigenvalue weighted by Crippen LogP contribution is 2.30. The summed E-state index contributed by atoms with van der Waals surface area (Å²) in [5.74, 6) is 2.20. The summed E-state index contributed by atoms with van der Waals surface area (Å²) >= 11 is 0. The maximum absolute atomic E-state index is 12.2. The topological polar surface area (TPSA) is 59.1 Å². The van der Waals surface area contributed by atoms with Crippen LogP contribution in [-0.2, 0) is 19.1 Å². The van der Waals surface area contributed by atoms with Gasteiger partial charge in [-0.3, -0.25) is 9.59 Å². The van der Waals surface area contributed by atoms with Crippen molar-refractivity contribution in [2.24, 2.45) is 23.2 Å². The molecule has 6 heteroatoms. The van der Waals surface area contributed by atoms with E-state index in [-0.39, 0.29) is 11.9 Å². The van der Waals surface area contributed by atoms with E-state index in [0.29, 0.717) is 37.4 Å². The molecule has 2 rings (SSSR count). The number of piperidine rings is 2. The van der Waals surface area contributed by atoms with Gasteiger partial charge in [-0.15, -0.1) is 0 Å². The van der Waals surface area contributed by atoms with Gasteiger partial charge in [-0.25, -0.2) is 0 Å². The lowest BCUT2D eigenvalue weighted by molar-refractivity contribution is -0.145. The van der Waals surface area contributed by atoms with E-state index in [1.807, 2.05) is 0 Å². The summed E-state index contributed by atoms with van der Waals surface area (Å²) in [7, 11) is 0. The molecule has 0 atom stereocenters. The Hall–Kier alpha value is -1.14. The lowest BCUT2D eigenvalue weighted by Gasteiger charge is -2.33. The van der Waals surface area contributed by atoms with Gasteiger partial charge in [0.05, 0.1) is 26.1 Å². The maximum Gasteiger partial charge on any atom is 0.307 e. The van der Waals surface area contributed by atoms with Crippen LogP contribution in [0.25, 0.3) is 0 Å². The van der Waals surface area contributed by atoms with Crippen LogP contribution in [0.1, 0.15) is 118 Å². The molecule has 0 aromatic rings. The number of carbonyl (C=O) groups is 2. The van der Waals surface area contributed by atoms with E-state index in [1.165, 1.54) is 44.9 Å². The minimum Gasteiger partial charge on any atom is -0.466 e. The first kappa shape index (κ1) is 33.1. The van der Waals surface area contributed by atoms with Crippen molar-refractivity contribution >= 4 is 11.9 Å². The molecule has 0 unspecified atom stereocenters. The third kappa shape index (κ3) is 13.8. The molecular weight excluding hydrogens is 476 g/mol. The summed E-state index contributed by atoms with van der Waals surface area (Å²) in [4.78, 5) is 29.0. The van der Waals surface area contributed by atoms with Gasteiger partial charge in [0.2, 0.25) is 0 Å². The van der Waals surface area contributed by atoms with Crippen LogP contribution < -0.4 is 0 Å². The molecule has 2 aliphatic heterocycles. The maximum atomic E-state index is 12.2. The summed E-state index contributed by atoms with van der Waals surface area (Å²) in [6.07, 6.45) is 14.4. The minimum absolute atomic E-state index is 0.0331. The fraction of sp³-hybridized carbons (Fsp3) is 0.938. The quantitative estimate of drug-likeness (QED) is 0.181. The molecule has 0 aromatic heterocycles. The van der Waals surface area contributed by atoms with Crippen molar-refractivity contribution in [2.45, 2.75) is 118 Å². The molecule has 2 fully saturated rings. The van der Waals surface area contributed by atoms with Crippen LogP contribution in [0.4, 0.5) is 0 Å². The summed E-state index contributed by atoms with van der Waals surface area (Å²) in [6, 6.07) is 0. The molecule has 0 amide bonds. The highest BCUT2D eigenvalue weighted by molar-refractivity contribution is 5.69. The smallest absolute Gasteiger partial charge is 0.307 e.